The van der Waals surface area contributed by atoms with Crippen molar-refractivity contribution in [2.75, 3.05) is 23.8 Å². The van der Waals surface area contributed by atoms with E-state index in [9.17, 15) is 18.3 Å². The maximum atomic E-state index is 14.3. The van der Waals surface area contributed by atoms with Crippen LogP contribution in [-0.4, -0.2) is 49.9 Å². The van der Waals surface area contributed by atoms with Crippen molar-refractivity contribution in [2.45, 2.75) is 50.2 Å². The molecule has 5 rings (SSSR count). The number of hydrogen-bond acceptors (Lipinski definition) is 7. The fourth-order valence-electron chi connectivity index (χ4n) is 3.68. The third-order valence-electron chi connectivity index (χ3n) is 5.23. The Balaban J connectivity index is 1.55. The summed E-state index contributed by atoms with van der Waals surface area (Å²) in [7, 11) is 0. The topological polar surface area (TPSA) is 97.1 Å². The molecular formula is C21H23F3N6O2. The molecule has 8 nitrogen and oxygen atoms in total. The molecule has 0 bridgehead atoms. The number of ether oxygens (including phenoxy) is 1. The lowest BCUT2D eigenvalue weighted by Gasteiger charge is -2.26. The van der Waals surface area contributed by atoms with Gasteiger partial charge in [-0.05, 0) is 32.0 Å². The second-order valence-electron chi connectivity index (χ2n) is 7.45. The van der Waals surface area contributed by atoms with Crippen LogP contribution in [0.25, 0.3) is 11.2 Å². The third-order valence-corrected chi connectivity index (χ3v) is 5.23. The summed E-state index contributed by atoms with van der Waals surface area (Å²) in [6.45, 7) is 0.658. The number of aromatic nitrogens is 4. The molecule has 32 heavy (non-hydrogen) atoms. The molecule has 2 aliphatic rings. The molecule has 0 amide bonds. The van der Waals surface area contributed by atoms with E-state index in [-0.39, 0.29) is 35.7 Å². The van der Waals surface area contributed by atoms with Crippen LogP contribution in [0, 0.1) is 17.5 Å². The number of nitrogens with zero attached hydrogens (tertiary/aromatic N) is 4. The SMILES string of the molecule is [2H]C1CC([2H])(Nc2ncc3nc(Nc4c(F)cc(F)cc4F)n(C4CCOC4)c3n2)C([2H])([2H])CC1([2H])O. The molecule has 1 saturated carbocycles. The van der Waals surface area contributed by atoms with Gasteiger partial charge in [0.1, 0.15) is 17.0 Å². The monoisotopic (exact) mass is 453 g/mol. The van der Waals surface area contributed by atoms with E-state index in [2.05, 4.69) is 25.6 Å². The normalized spacial score (nSPS) is 34.3. The van der Waals surface area contributed by atoms with Crippen LogP contribution in [-0.2, 0) is 4.74 Å². The van der Waals surface area contributed by atoms with E-state index in [4.69, 9.17) is 11.6 Å². The first-order chi connectivity index (χ1) is 17.3. The van der Waals surface area contributed by atoms with E-state index in [0.29, 0.717) is 25.2 Å². The van der Waals surface area contributed by atoms with Gasteiger partial charge in [0.05, 0.1) is 27.7 Å². The van der Waals surface area contributed by atoms with Gasteiger partial charge in [0.25, 0.3) is 0 Å². The smallest absolute Gasteiger partial charge is 0.224 e. The zero-order valence-electron chi connectivity index (χ0n) is 21.7. The van der Waals surface area contributed by atoms with Crippen molar-refractivity contribution in [3.05, 3.63) is 35.8 Å². The molecule has 2 fully saturated rings. The highest BCUT2D eigenvalue weighted by Crippen LogP contribution is 2.32. The number of hydrogen-bond donors (Lipinski definition) is 3. The molecule has 0 radical (unpaired) electrons. The quantitative estimate of drug-likeness (QED) is 0.542. The molecule has 1 aliphatic carbocycles. The highest BCUT2D eigenvalue weighted by Gasteiger charge is 2.27. The van der Waals surface area contributed by atoms with Gasteiger partial charge >= 0.3 is 0 Å². The number of fused-ring (bicyclic) bond motifs is 1. The number of imidazole rings is 1. The maximum absolute atomic E-state index is 14.3. The van der Waals surface area contributed by atoms with Crippen molar-refractivity contribution in [1.29, 1.82) is 0 Å². The van der Waals surface area contributed by atoms with Gasteiger partial charge in [0.2, 0.25) is 11.9 Å². The van der Waals surface area contributed by atoms with Crippen molar-refractivity contribution >= 4 is 28.7 Å². The van der Waals surface area contributed by atoms with Crippen LogP contribution in [0.3, 0.4) is 0 Å². The molecule has 3 aromatic rings. The molecule has 170 valence electrons. The Morgan fingerprint density at radius 1 is 1.19 bits per heavy atom. The molecule has 4 unspecified atom stereocenters. The fourth-order valence-corrected chi connectivity index (χ4v) is 3.68. The minimum absolute atomic E-state index is 0.0135. The Morgan fingerprint density at radius 2 is 2.00 bits per heavy atom. The van der Waals surface area contributed by atoms with Gasteiger partial charge in [0, 0.05) is 28.9 Å². The number of anilines is 3. The minimum Gasteiger partial charge on any atom is -0.393 e. The number of halogens is 3. The molecule has 2 aromatic heterocycles. The van der Waals surface area contributed by atoms with E-state index in [1.807, 2.05) is 0 Å². The molecule has 1 aromatic carbocycles. The summed E-state index contributed by atoms with van der Waals surface area (Å²) < 4.78 is 90.0. The highest BCUT2D eigenvalue weighted by molar-refractivity contribution is 5.76. The van der Waals surface area contributed by atoms with Crippen LogP contribution in [0.2, 0.25) is 0 Å². The molecule has 1 aliphatic heterocycles. The lowest BCUT2D eigenvalue weighted by atomic mass is 9.93. The van der Waals surface area contributed by atoms with Gasteiger partial charge in [-0.2, -0.15) is 4.98 Å². The van der Waals surface area contributed by atoms with E-state index >= 15 is 0 Å². The maximum Gasteiger partial charge on any atom is 0.224 e. The molecule has 3 heterocycles. The molecule has 4 atom stereocenters. The third kappa shape index (κ3) is 4.09. The highest BCUT2D eigenvalue weighted by atomic mass is 19.1. The average Bonchev–Trinajstić information content (AvgIpc) is 3.41. The van der Waals surface area contributed by atoms with Crippen LogP contribution >= 0.6 is 0 Å². The summed E-state index contributed by atoms with van der Waals surface area (Å²) in [5.74, 6) is -3.60. The van der Waals surface area contributed by atoms with Crippen LogP contribution < -0.4 is 10.6 Å². The number of aliphatic hydroxyl groups is 1. The molecule has 3 N–H and O–H groups in total. The van der Waals surface area contributed by atoms with Crippen molar-refractivity contribution in [3.63, 3.8) is 0 Å². The number of nitrogens with one attached hydrogen (secondary N) is 2. The Hall–Kier alpha value is -2.92. The van der Waals surface area contributed by atoms with E-state index in [0.717, 1.165) is 0 Å². The lowest BCUT2D eigenvalue weighted by molar-refractivity contribution is 0.126. The van der Waals surface area contributed by atoms with E-state index in [1.54, 1.807) is 4.57 Å². The van der Waals surface area contributed by atoms with Crippen molar-refractivity contribution in [1.82, 2.24) is 19.5 Å². The van der Waals surface area contributed by atoms with Gasteiger partial charge in [-0.3, -0.25) is 4.57 Å². The van der Waals surface area contributed by atoms with Gasteiger partial charge in [-0.25, -0.2) is 23.1 Å². The summed E-state index contributed by atoms with van der Waals surface area (Å²) in [6, 6.07) is -1.42. The standard InChI is InChI=1S/C21H23F3N6O2/c22-11-7-15(23)18(16(24)8-11)28-21-27-17-9-25-20(26-12-1-3-14(31)4-2-12)29-19(17)30(21)13-5-6-32-10-13/h7-9,12-14,31H,1-6,10H2,(H,27,28)(H,25,26,29)/i1D2,4D,12D,14D. The van der Waals surface area contributed by atoms with Crippen LogP contribution in [0.5, 0.6) is 0 Å². The second-order valence-corrected chi connectivity index (χ2v) is 7.45. The van der Waals surface area contributed by atoms with Crippen molar-refractivity contribution < 1.29 is 29.9 Å². The van der Waals surface area contributed by atoms with Gasteiger partial charge in [0.15, 0.2) is 17.3 Å². The van der Waals surface area contributed by atoms with E-state index in [1.165, 1.54) is 6.20 Å². The lowest BCUT2D eigenvalue weighted by Crippen LogP contribution is -2.29. The molecule has 1 saturated heterocycles. The summed E-state index contributed by atoms with van der Waals surface area (Å²) >= 11 is 0. The van der Waals surface area contributed by atoms with E-state index < -0.39 is 60.8 Å². The Morgan fingerprint density at radius 3 is 2.75 bits per heavy atom. The summed E-state index contributed by atoms with van der Waals surface area (Å²) in [5.41, 5.74) is -0.210. The van der Waals surface area contributed by atoms with Crippen LogP contribution in [0.1, 0.15) is 44.9 Å². The Bertz CT molecular complexity index is 1330. The Kier molecular flexibility index (Phi) is 4.22. The zero-order chi connectivity index (χ0) is 26.8. The first-order valence-corrected chi connectivity index (χ1v) is 9.97. The number of benzene rings is 1. The minimum atomic E-state index is -2.41. The Labute approximate surface area is 188 Å². The van der Waals surface area contributed by atoms with Gasteiger partial charge < -0.3 is 20.5 Å². The number of rotatable bonds is 5. The largest absolute Gasteiger partial charge is 0.393 e. The van der Waals surface area contributed by atoms with Gasteiger partial charge in [-0.15, -0.1) is 0 Å². The molecule has 0 spiro atoms. The predicted octanol–water partition coefficient (Wildman–Crippen LogP) is 3.66. The van der Waals surface area contributed by atoms with Crippen molar-refractivity contribution in [3.8, 4) is 0 Å². The average molecular weight is 453 g/mol. The fraction of sp³-hybridized carbons (Fsp3) is 0.476. The van der Waals surface area contributed by atoms with Gasteiger partial charge in [-0.1, -0.05) is 0 Å². The second kappa shape index (κ2) is 8.55. The molecule has 11 heteroatoms. The zero-order valence-corrected chi connectivity index (χ0v) is 16.7. The van der Waals surface area contributed by atoms with Crippen LogP contribution in [0.4, 0.5) is 30.8 Å². The predicted molar refractivity (Wildman–Crippen MR) is 111 cm³/mol. The summed E-state index contributed by atoms with van der Waals surface area (Å²) in [4.78, 5) is 12.8. The first-order valence-electron chi connectivity index (χ1n) is 12.5. The van der Waals surface area contributed by atoms with Crippen LogP contribution in [0.15, 0.2) is 18.3 Å². The summed E-state index contributed by atoms with van der Waals surface area (Å²) in [5, 5.41) is 15.2. The van der Waals surface area contributed by atoms with Crippen molar-refractivity contribution in [2.24, 2.45) is 0 Å². The molecular weight excluding hydrogens is 425 g/mol. The summed E-state index contributed by atoms with van der Waals surface area (Å²) in [6.07, 6.45) is -5.71. The first kappa shape index (κ1) is 15.8.